The van der Waals surface area contributed by atoms with Crippen molar-refractivity contribution in [1.29, 1.82) is 0 Å². The quantitative estimate of drug-likeness (QED) is 0.692. The number of hydrogen-bond acceptors (Lipinski definition) is 2. The van der Waals surface area contributed by atoms with E-state index in [0.717, 1.165) is 17.0 Å². The van der Waals surface area contributed by atoms with Gasteiger partial charge in [-0.2, -0.15) is 0 Å². The first-order chi connectivity index (χ1) is 7.25. The van der Waals surface area contributed by atoms with E-state index in [4.69, 9.17) is 4.74 Å². The minimum Gasteiger partial charge on any atom is -0.472 e. The molecule has 15 heavy (non-hydrogen) atoms. The predicted octanol–water partition coefficient (Wildman–Crippen LogP) is 2.78. The molecule has 1 aliphatic heterocycles. The molecule has 0 atom stereocenters. The summed E-state index contributed by atoms with van der Waals surface area (Å²) in [5.41, 5.74) is 3.51. The Morgan fingerprint density at radius 2 is 2.20 bits per heavy atom. The molecular formula is C13H15NO. The summed E-state index contributed by atoms with van der Waals surface area (Å²) in [5.74, 6) is 0.983. The molecule has 1 fully saturated rings. The molecule has 0 unspecified atom stereocenters. The summed E-state index contributed by atoms with van der Waals surface area (Å²) in [7, 11) is 0. The maximum absolute atomic E-state index is 5.75. The Balaban J connectivity index is 1.98. The summed E-state index contributed by atoms with van der Waals surface area (Å²) in [5, 5.41) is 0. The minimum atomic E-state index is 0.667. The molecule has 2 aliphatic rings. The predicted molar refractivity (Wildman–Crippen MR) is 60.6 cm³/mol. The van der Waals surface area contributed by atoms with Gasteiger partial charge in [-0.25, -0.2) is 0 Å². The Bertz CT molecular complexity index is 421. The maximum Gasteiger partial charge on any atom is 0.161 e. The molecule has 1 aliphatic carbocycles. The zero-order valence-electron chi connectivity index (χ0n) is 8.99. The van der Waals surface area contributed by atoms with Crippen LogP contribution < -0.4 is 4.74 Å². The lowest BCUT2D eigenvalue weighted by Gasteiger charge is -2.32. The average molecular weight is 201 g/mol. The number of hydrogen-bond donors (Lipinski definition) is 0. The monoisotopic (exact) mass is 201 g/mol. The number of aryl methyl sites for hydroxylation is 1. The number of benzene rings is 1. The Hall–Kier alpha value is -1.44. The van der Waals surface area contributed by atoms with Gasteiger partial charge < -0.3 is 9.64 Å². The molecule has 1 saturated carbocycles. The Morgan fingerprint density at radius 3 is 2.93 bits per heavy atom. The lowest BCUT2D eigenvalue weighted by molar-refractivity contribution is 0.162. The van der Waals surface area contributed by atoms with E-state index in [-0.39, 0.29) is 0 Å². The first-order valence-electron chi connectivity index (χ1n) is 5.45. The van der Waals surface area contributed by atoms with Crippen LogP contribution in [0.15, 0.2) is 24.8 Å². The van der Waals surface area contributed by atoms with Crippen LogP contribution in [-0.2, 0) is 0 Å². The van der Waals surface area contributed by atoms with Gasteiger partial charge in [-0.05, 0) is 37.5 Å². The standard InChI is InChI=1S/C13H15NO/c1-9-3-6-12-10(2)14(11-4-5-11)8-15-13(12)7-9/h3,6-7,11H,2,4-5,8H2,1H3. The van der Waals surface area contributed by atoms with Crippen LogP contribution in [0.2, 0.25) is 0 Å². The van der Waals surface area contributed by atoms with Crippen LogP contribution in [0.3, 0.4) is 0 Å². The minimum absolute atomic E-state index is 0.667. The van der Waals surface area contributed by atoms with Gasteiger partial charge in [0.05, 0.1) is 0 Å². The van der Waals surface area contributed by atoms with Crippen molar-refractivity contribution >= 4 is 5.70 Å². The van der Waals surface area contributed by atoms with Crippen LogP contribution in [0.25, 0.3) is 5.70 Å². The molecule has 0 amide bonds. The van der Waals surface area contributed by atoms with Gasteiger partial charge in [0.2, 0.25) is 0 Å². The van der Waals surface area contributed by atoms with Crippen molar-refractivity contribution in [3.8, 4) is 5.75 Å². The van der Waals surface area contributed by atoms with Gasteiger partial charge in [0, 0.05) is 17.3 Å². The molecule has 0 saturated heterocycles. The van der Waals surface area contributed by atoms with Crippen LogP contribution in [0.5, 0.6) is 5.75 Å². The molecule has 0 aromatic heterocycles. The molecule has 1 aromatic carbocycles. The van der Waals surface area contributed by atoms with E-state index in [2.05, 4.69) is 36.6 Å². The van der Waals surface area contributed by atoms with E-state index in [0.29, 0.717) is 12.8 Å². The highest BCUT2D eigenvalue weighted by Crippen LogP contribution is 2.39. The van der Waals surface area contributed by atoms with Gasteiger partial charge in [-0.1, -0.05) is 12.6 Å². The van der Waals surface area contributed by atoms with Crippen molar-refractivity contribution < 1.29 is 4.74 Å². The number of ether oxygens (including phenoxy) is 1. The van der Waals surface area contributed by atoms with Crippen LogP contribution in [0, 0.1) is 6.92 Å². The third-order valence-corrected chi connectivity index (χ3v) is 3.14. The lowest BCUT2D eigenvalue weighted by atomic mass is 10.1. The second kappa shape index (κ2) is 3.02. The van der Waals surface area contributed by atoms with Gasteiger partial charge in [-0.15, -0.1) is 0 Å². The molecule has 1 aromatic rings. The Labute approximate surface area is 90.2 Å². The fourth-order valence-corrected chi connectivity index (χ4v) is 2.07. The molecule has 3 rings (SSSR count). The molecule has 0 N–H and O–H groups in total. The van der Waals surface area contributed by atoms with E-state index in [9.17, 15) is 0 Å². The number of rotatable bonds is 1. The highest BCUT2D eigenvalue weighted by Gasteiger charge is 2.33. The summed E-state index contributed by atoms with van der Waals surface area (Å²) in [6, 6.07) is 6.99. The second-order valence-electron chi connectivity index (χ2n) is 4.42. The summed E-state index contributed by atoms with van der Waals surface area (Å²) >= 11 is 0. The third-order valence-electron chi connectivity index (χ3n) is 3.14. The van der Waals surface area contributed by atoms with Gasteiger partial charge in [0.15, 0.2) is 6.73 Å². The molecule has 78 valence electrons. The van der Waals surface area contributed by atoms with Crippen molar-refractivity contribution in [2.24, 2.45) is 0 Å². The van der Waals surface area contributed by atoms with Crippen molar-refractivity contribution in [3.05, 3.63) is 35.9 Å². The first-order valence-corrected chi connectivity index (χ1v) is 5.45. The fourth-order valence-electron chi connectivity index (χ4n) is 2.07. The highest BCUT2D eigenvalue weighted by molar-refractivity contribution is 5.69. The van der Waals surface area contributed by atoms with E-state index < -0.39 is 0 Å². The summed E-state index contributed by atoms with van der Waals surface area (Å²) in [4.78, 5) is 2.28. The van der Waals surface area contributed by atoms with E-state index in [1.54, 1.807) is 0 Å². The van der Waals surface area contributed by atoms with E-state index >= 15 is 0 Å². The van der Waals surface area contributed by atoms with Crippen LogP contribution >= 0.6 is 0 Å². The SMILES string of the molecule is C=C1c2ccc(C)cc2OCN1C1CC1. The molecule has 1 heterocycles. The largest absolute Gasteiger partial charge is 0.472 e. The van der Waals surface area contributed by atoms with Crippen molar-refractivity contribution in [3.63, 3.8) is 0 Å². The summed E-state index contributed by atoms with van der Waals surface area (Å²) in [6.45, 7) is 6.92. The fraction of sp³-hybridized carbons (Fsp3) is 0.385. The van der Waals surface area contributed by atoms with Crippen LogP contribution in [0.4, 0.5) is 0 Å². The molecule has 2 nitrogen and oxygen atoms in total. The van der Waals surface area contributed by atoms with Crippen LogP contribution in [-0.4, -0.2) is 17.7 Å². The zero-order valence-corrected chi connectivity index (χ0v) is 8.99. The molecule has 2 heteroatoms. The van der Waals surface area contributed by atoms with Crippen molar-refractivity contribution in [1.82, 2.24) is 4.90 Å². The van der Waals surface area contributed by atoms with Crippen LogP contribution in [0.1, 0.15) is 24.0 Å². The summed E-state index contributed by atoms with van der Waals surface area (Å²) in [6.07, 6.45) is 2.56. The van der Waals surface area contributed by atoms with E-state index in [1.807, 2.05) is 0 Å². The first kappa shape index (κ1) is 8.84. The van der Waals surface area contributed by atoms with Crippen molar-refractivity contribution in [2.75, 3.05) is 6.73 Å². The van der Waals surface area contributed by atoms with Gasteiger partial charge in [0.1, 0.15) is 5.75 Å². The smallest absolute Gasteiger partial charge is 0.161 e. The Morgan fingerprint density at radius 1 is 1.40 bits per heavy atom. The highest BCUT2D eigenvalue weighted by atomic mass is 16.5. The summed E-state index contributed by atoms with van der Waals surface area (Å²) < 4.78 is 5.75. The lowest BCUT2D eigenvalue weighted by Crippen LogP contribution is -2.32. The average Bonchev–Trinajstić information content (AvgIpc) is 3.01. The van der Waals surface area contributed by atoms with Gasteiger partial charge in [-0.3, -0.25) is 0 Å². The van der Waals surface area contributed by atoms with Gasteiger partial charge >= 0.3 is 0 Å². The van der Waals surface area contributed by atoms with Gasteiger partial charge in [0.25, 0.3) is 0 Å². The second-order valence-corrected chi connectivity index (χ2v) is 4.42. The van der Waals surface area contributed by atoms with Crippen molar-refractivity contribution in [2.45, 2.75) is 25.8 Å². The molecule has 0 bridgehead atoms. The number of nitrogens with zero attached hydrogens (tertiary/aromatic N) is 1. The molecule has 0 spiro atoms. The zero-order chi connectivity index (χ0) is 10.4. The molecular weight excluding hydrogens is 186 g/mol. The van der Waals surface area contributed by atoms with E-state index in [1.165, 1.54) is 18.4 Å². The Kier molecular flexibility index (Phi) is 1.78. The normalized spacial score (nSPS) is 19.8. The third kappa shape index (κ3) is 1.41. The topological polar surface area (TPSA) is 12.5 Å². The maximum atomic E-state index is 5.75. The molecule has 0 radical (unpaired) electrons. The number of fused-ring (bicyclic) bond motifs is 1.